The minimum atomic E-state index is -1.57. The Labute approximate surface area is 125 Å². The number of carbonyl (C=O) groups is 1. The predicted octanol–water partition coefficient (Wildman–Crippen LogP) is 4.69. The van der Waals surface area contributed by atoms with Crippen LogP contribution in [0.3, 0.4) is 0 Å². The molecule has 0 amide bonds. The topological polar surface area (TPSA) is 35.5 Å². The van der Waals surface area contributed by atoms with Gasteiger partial charge < -0.3 is 9.16 Å². The van der Waals surface area contributed by atoms with E-state index in [1.807, 2.05) is 6.08 Å². The van der Waals surface area contributed by atoms with Crippen molar-refractivity contribution < 1.29 is 14.0 Å². The number of hydrogen-bond donors (Lipinski definition) is 0. The van der Waals surface area contributed by atoms with Crippen LogP contribution in [0.4, 0.5) is 0 Å². The van der Waals surface area contributed by atoms with Crippen molar-refractivity contribution in [3.05, 3.63) is 12.2 Å². The van der Waals surface area contributed by atoms with Gasteiger partial charge in [0.1, 0.15) is 0 Å². The van der Waals surface area contributed by atoms with Gasteiger partial charge in [-0.2, -0.15) is 0 Å². The maximum Gasteiger partial charge on any atom is 0.330 e. The Bertz CT molecular complexity index is 303. The van der Waals surface area contributed by atoms with E-state index in [0.717, 1.165) is 25.9 Å². The van der Waals surface area contributed by atoms with Gasteiger partial charge >= 0.3 is 5.97 Å². The lowest BCUT2D eigenvalue weighted by Crippen LogP contribution is -2.40. The summed E-state index contributed by atoms with van der Waals surface area (Å²) in [5.74, 6) is -0.271. The summed E-state index contributed by atoms with van der Waals surface area (Å²) in [5.41, 5.74) is 0. The van der Waals surface area contributed by atoms with E-state index in [1.54, 1.807) is 0 Å². The Morgan fingerprint density at radius 1 is 1.10 bits per heavy atom. The van der Waals surface area contributed by atoms with Crippen LogP contribution in [0.1, 0.15) is 52.9 Å². The van der Waals surface area contributed by atoms with Gasteiger partial charge in [0.25, 0.3) is 0 Å². The fourth-order valence-electron chi connectivity index (χ4n) is 1.51. The van der Waals surface area contributed by atoms with E-state index in [9.17, 15) is 4.79 Å². The van der Waals surface area contributed by atoms with E-state index in [4.69, 9.17) is 4.43 Å². The Morgan fingerprint density at radius 3 is 2.25 bits per heavy atom. The Hall–Kier alpha value is -0.613. The second-order valence-corrected chi connectivity index (χ2v) is 11.5. The molecule has 4 heteroatoms. The van der Waals surface area contributed by atoms with Crippen molar-refractivity contribution in [3.8, 4) is 0 Å². The molecule has 0 aliphatic rings. The second kappa shape index (κ2) is 9.35. The molecule has 20 heavy (non-hydrogen) atoms. The van der Waals surface area contributed by atoms with Crippen LogP contribution in [0.15, 0.2) is 12.2 Å². The van der Waals surface area contributed by atoms with Crippen LogP contribution in [0.2, 0.25) is 18.1 Å². The minimum absolute atomic E-state index is 0.271. The normalized spacial score (nSPS) is 12.9. The first-order valence-corrected chi connectivity index (χ1v) is 10.5. The Kier molecular flexibility index (Phi) is 9.06. The number of hydrogen-bond acceptors (Lipinski definition) is 3. The largest absolute Gasteiger partial charge is 0.466 e. The average Bonchev–Trinajstić information content (AvgIpc) is 2.34. The summed E-state index contributed by atoms with van der Waals surface area (Å²) in [7, 11) is -0.168. The number of esters is 1. The number of unbranched alkanes of at least 4 members (excludes halogenated alkanes) is 4. The van der Waals surface area contributed by atoms with Crippen LogP contribution in [0, 0.1) is 0 Å². The molecular weight excluding hydrogens is 268 g/mol. The zero-order valence-corrected chi connectivity index (χ0v) is 15.1. The van der Waals surface area contributed by atoms with Gasteiger partial charge in [0.2, 0.25) is 0 Å². The third-order valence-electron chi connectivity index (χ3n) is 3.99. The lowest BCUT2D eigenvalue weighted by atomic mass is 10.1. The molecule has 0 aliphatic heterocycles. The van der Waals surface area contributed by atoms with Crippen molar-refractivity contribution in [2.45, 2.75) is 71.0 Å². The van der Waals surface area contributed by atoms with Gasteiger partial charge in [-0.15, -0.1) is 0 Å². The summed E-state index contributed by atoms with van der Waals surface area (Å²) >= 11 is 0. The van der Waals surface area contributed by atoms with Crippen LogP contribution in [0.5, 0.6) is 0 Å². The molecule has 0 rings (SSSR count). The standard InChI is InChI=1S/C16H32O3Si/c1-16(2,3)20(5,6)19-14-12-10-8-7-9-11-13-15(17)18-4/h11,13H,7-10,12,14H2,1-6H3/b13-11-. The van der Waals surface area contributed by atoms with E-state index in [-0.39, 0.29) is 5.97 Å². The fourth-order valence-corrected chi connectivity index (χ4v) is 2.60. The average molecular weight is 301 g/mol. The van der Waals surface area contributed by atoms with Gasteiger partial charge in [-0.25, -0.2) is 4.79 Å². The molecule has 0 spiro atoms. The highest BCUT2D eigenvalue weighted by Gasteiger charge is 2.36. The van der Waals surface area contributed by atoms with E-state index in [2.05, 4.69) is 38.6 Å². The van der Waals surface area contributed by atoms with Crippen LogP contribution < -0.4 is 0 Å². The summed E-state index contributed by atoms with van der Waals surface area (Å²) in [6.07, 6.45) is 8.96. The molecule has 0 atom stereocenters. The fraction of sp³-hybridized carbons (Fsp3) is 0.812. The molecule has 118 valence electrons. The molecule has 0 saturated heterocycles. The predicted molar refractivity (Wildman–Crippen MR) is 87.4 cm³/mol. The van der Waals surface area contributed by atoms with Gasteiger partial charge in [0.05, 0.1) is 7.11 Å². The minimum Gasteiger partial charge on any atom is -0.466 e. The molecule has 0 heterocycles. The quantitative estimate of drug-likeness (QED) is 0.268. The molecular formula is C16H32O3Si. The smallest absolute Gasteiger partial charge is 0.330 e. The van der Waals surface area contributed by atoms with Crippen molar-refractivity contribution in [2.75, 3.05) is 13.7 Å². The van der Waals surface area contributed by atoms with Gasteiger partial charge in [-0.1, -0.05) is 39.7 Å². The Balaban J connectivity index is 3.55. The van der Waals surface area contributed by atoms with Crippen LogP contribution >= 0.6 is 0 Å². The highest BCUT2D eigenvalue weighted by molar-refractivity contribution is 6.74. The van der Waals surface area contributed by atoms with E-state index < -0.39 is 8.32 Å². The lowest BCUT2D eigenvalue weighted by Gasteiger charge is -2.36. The molecule has 0 N–H and O–H groups in total. The van der Waals surface area contributed by atoms with E-state index in [0.29, 0.717) is 5.04 Å². The molecule has 0 radical (unpaired) electrons. The molecule has 0 unspecified atom stereocenters. The number of carbonyl (C=O) groups excluding carboxylic acids is 1. The highest BCUT2D eigenvalue weighted by atomic mass is 28.4. The summed E-state index contributed by atoms with van der Waals surface area (Å²) in [4.78, 5) is 10.8. The molecule has 3 nitrogen and oxygen atoms in total. The van der Waals surface area contributed by atoms with Crippen molar-refractivity contribution in [1.82, 2.24) is 0 Å². The molecule has 0 aromatic carbocycles. The number of methoxy groups -OCH3 is 1. The number of ether oxygens (including phenoxy) is 1. The summed E-state index contributed by atoms with van der Waals surface area (Å²) in [5, 5.41) is 0.297. The van der Waals surface area contributed by atoms with Crippen LogP contribution in [0.25, 0.3) is 0 Å². The number of rotatable bonds is 9. The van der Waals surface area contributed by atoms with Crippen molar-refractivity contribution in [1.29, 1.82) is 0 Å². The van der Waals surface area contributed by atoms with Crippen molar-refractivity contribution >= 4 is 14.3 Å². The molecule has 0 aromatic rings. The zero-order valence-electron chi connectivity index (χ0n) is 14.1. The van der Waals surface area contributed by atoms with E-state index in [1.165, 1.54) is 26.0 Å². The Morgan fingerprint density at radius 2 is 1.70 bits per heavy atom. The highest BCUT2D eigenvalue weighted by Crippen LogP contribution is 2.36. The first-order valence-electron chi connectivity index (χ1n) is 7.59. The van der Waals surface area contributed by atoms with Gasteiger partial charge in [0.15, 0.2) is 8.32 Å². The molecule has 0 aromatic heterocycles. The lowest BCUT2D eigenvalue weighted by molar-refractivity contribution is -0.134. The second-order valence-electron chi connectivity index (χ2n) is 6.74. The number of allylic oxidation sites excluding steroid dienone is 1. The van der Waals surface area contributed by atoms with Crippen molar-refractivity contribution in [2.24, 2.45) is 0 Å². The van der Waals surface area contributed by atoms with Gasteiger partial charge in [0, 0.05) is 12.7 Å². The summed E-state index contributed by atoms with van der Waals surface area (Å²) in [6, 6.07) is 0. The summed E-state index contributed by atoms with van der Waals surface area (Å²) in [6.45, 7) is 12.3. The van der Waals surface area contributed by atoms with Crippen LogP contribution in [-0.4, -0.2) is 28.0 Å². The molecule has 0 fully saturated rings. The first-order chi connectivity index (χ1) is 9.20. The van der Waals surface area contributed by atoms with Gasteiger partial charge in [-0.05, 0) is 37.4 Å². The first kappa shape index (κ1) is 19.4. The van der Waals surface area contributed by atoms with Crippen LogP contribution in [-0.2, 0) is 14.0 Å². The molecule has 0 saturated carbocycles. The van der Waals surface area contributed by atoms with Crippen molar-refractivity contribution in [3.63, 3.8) is 0 Å². The summed E-state index contributed by atoms with van der Waals surface area (Å²) < 4.78 is 10.7. The zero-order chi connectivity index (χ0) is 15.6. The third kappa shape index (κ3) is 8.54. The maximum atomic E-state index is 10.8. The maximum absolute atomic E-state index is 10.8. The van der Waals surface area contributed by atoms with Gasteiger partial charge in [-0.3, -0.25) is 0 Å². The monoisotopic (exact) mass is 300 g/mol. The molecule has 0 bridgehead atoms. The van der Waals surface area contributed by atoms with E-state index >= 15 is 0 Å². The molecule has 0 aliphatic carbocycles. The third-order valence-corrected chi connectivity index (χ3v) is 8.53. The SMILES string of the molecule is COC(=O)/C=C\CCCCCCO[Si](C)(C)C(C)(C)C.